The van der Waals surface area contributed by atoms with Gasteiger partial charge in [0.15, 0.2) is 0 Å². The molecule has 1 aromatic rings. The fourth-order valence-electron chi connectivity index (χ4n) is 1.62. The molecule has 1 amide bonds. The van der Waals surface area contributed by atoms with E-state index in [1.807, 2.05) is 13.8 Å². The van der Waals surface area contributed by atoms with Crippen molar-refractivity contribution in [3.8, 4) is 5.75 Å². The number of hydrogen-bond acceptors (Lipinski definition) is 3. The van der Waals surface area contributed by atoms with Crippen molar-refractivity contribution in [3.63, 3.8) is 0 Å². The zero-order valence-electron chi connectivity index (χ0n) is 11.7. The Hall–Kier alpha value is -1.69. The van der Waals surface area contributed by atoms with Crippen LogP contribution in [0.15, 0.2) is 24.3 Å². The van der Waals surface area contributed by atoms with Gasteiger partial charge in [-0.15, -0.1) is 0 Å². The van der Waals surface area contributed by atoms with Gasteiger partial charge in [-0.3, -0.25) is 4.79 Å². The zero-order chi connectivity index (χ0) is 15.0. The van der Waals surface area contributed by atoms with Crippen LogP contribution in [0.25, 0.3) is 0 Å². The molecule has 0 unspecified atom stereocenters. The number of carbonyl (C=O) groups excluding carboxylic acids is 1. The van der Waals surface area contributed by atoms with Gasteiger partial charge in [0, 0.05) is 25.6 Å². The van der Waals surface area contributed by atoms with Gasteiger partial charge in [0.1, 0.15) is 5.75 Å². The lowest BCUT2D eigenvalue weighted by Crippen LogP contribution is -2.32. The number of rotatable bonds is 8. The summed E-state index contributed by atoms with van der Waals surface area (Å²) in [7, 11) is 0. The zero-order valence-corrected chi connectivity index (χ0v) is 11.7. The third-order valence-corrected chi connectivity index (χ3v) is 2.46. The summed E-state index contributed by atoms with van der Waals surface area (Å²) < 4.78 is 28.2. The van der Waals surface area contributed by atoms with E-state index in [0.29, 0.717) is 19.5 Å². The van der Waals surface area contributed by atoms with E-state index in [1.54, 1.807) is 12.1 Å². The minimum atomic E-state index is -2.81. The Kier molecular flexibility index (Phi) is 6.93. The first-order valence-corrected chi connectivity index (χ1v) is 6.51. The van der Waals surface area contributed by atoms with Crippen LogP contribution >= 0.6 is 0 Å². The number of alkyl halides is 2. The molecule has 0 aromatic heterocycles. The van der Waals surface area contributed by atoms with Crippen LogP contribution in [0, 0.1) is 0 Å². The molecule has 0 saturated carbocycles. The van der Waals surface area contributed by atoms with Gasteiger partial charge in [-0.2, -0.15) is 8.78 Å². The number of benzene rings is 1. The molecule has 1 aromatic carbocycles. The fraction of sp³-hybridized carbons (Fsp3) is 0.500. The van der Waals surface area contributed by atoms with Crippen LogP contribution in [0.2, 0.25) is 0 Å². The molecule has 0 saturated heterocycles. The van der Waals surface area contributed by atoms with Gasteiger partial charge in [-0.1, -0.05) is 12.1 Å². The minimum absolute atomic E-state index is 0.00758. The van der Waals surface area contributed by atoms with E-state index in [-0.39, 0.29) is 17.7 Å². The number of amides is 1. The summed E-state index contributed by atoms with van der Waals surface area (Å²) in [5.41, 5.74) is 0.941. The fourth-order valence-corrected chi connectivity index (χ4v) is 1.62. The molecular weight excluding hydrogens is 266 g/mol. The lowest BCUT2D eigenvalue weighted by molar-refractivity contribution is -0.121. The molecule has 0 spiro atoms. The van der Waals surface area contributed by atoms with Crippen molar-refractivity contribution in [2.24, 2.45) is 0 Å². The molecular formula is C14H20F2N2O2. The first-order chi connectivity index (χ1) is 9.47. The SMILES string of the molecule is CC(C)NC(=O)CCNCc1ccc(OC(F)F)cc1. The Morgan fingerprint density at radius 2 is 1.90 bits per heavy atom. The summed E-state index contributed by atoms with van der Waals surface area (Å²) in [6, 6.07) is 6.55. The van der Waals surface area contributed by atoms with Crippen molar-refractivity contribution in [1.29, 1.82) is 0 Å². The highest BCUT2D eigenvalue weighted by molar-refractivity contribution is 5.76. The Balaban J connectivity index is 2.23. The third-order valence-electron chi connectivity index (χ3n) is 2.46. The van der Waals surface area contributed by atoms with E-state index in [1.165, 1.54) is 12.1 Å². The molecule has 20 heavy (non-hydrogen) atoms. The monoisotopic (exact) mass is 286 g/mol. The van der Waals surface area contributed by atoms with E-state index in [4.69, 9.17) is 0 Å². The summed E-state index contributed by atoms with van der Waals surface area (Å²) in [5.74, 6) is 0.147. The largest absolute Gasteiger partial charge is 0.435 e. The standard InChI is InChI=1S/C14H20F2N2O2/c1-10(2)18-13(19)7-8-17-9-11-3-5-12(6-4-11)20-14(15)16/h3-6,10,14,17H,7-9H2,1-2H3,(H,18,19). The van der Waals surface area contributed by atoms with Crippen molar-refractivity contribution in [1.82, 2.24) is 10.6 Å². The predicted molar refractivity (Wildman–Crippen MR) is 72.7 cm³/mol. The average molecular weight is 286 g/mol. The highest BCUT2D eigenvalue weighted by Gasteiger charge is 2.04. The van der Waals surface area contributed by atoms with Crippen molar-refractivity contribution in [2.45, 2.75) is 39.5 Å². The number of nitrogens with one attached hydrogen (secondary N) is 2. The van der Waals surface area contributed by atoms with Gasteiger partial charge in [-0.05, 0) is 31.5 Å². The van der Waals surface area contributed by atoms with E-state index >= 15 is 0 Å². The quantitative estimate of drug-likeness (QED) is 0.721. The van der Waals surface area contributed by atoms with Gasteiger partial charge in [0.05, 0.1) is 0 Å². The second kappa shape index (κ2) is 8.47. The van der Waals surface area contributed by atoms with E-state index < -0.39 is 6.61 Å². The highest BCUT2D eigenvalue weighted by Crippen LogP contribution is 2.14. The minimum Gasteiger partial charge on any atom is -0.435 e. The Bertz CT molecular complexity index is 408. The number of halogens is 2. The maximum atomic E-state index is 12.0. The molecule has 0 aliphatic rings. The molecule has 0 aliphatic carbocycles. The van der Waals surface area contributed by atoms with Gasteiger partial charge in [-0.25, -0.2) is 0 Å². The number of carbonyl (C=O) groups is 1. The Morgan fingerprint density at radius 1 is 1.25 bits per heavy atom. The molecule has 0 fully saturated rings. The molecule has 0 aliphatic heterocycles. The number of hydrogen-bond donors (Lipinski definition) is 2. The van der Waals surface area contributed by atoms with Crippen LogP contribution in [0.3, 0.4) is 0 Å². The molecule has 4 nitrogen and oxygen atoms in total. The van der Waals surface area contributed by atoms with Crippen LogP contribution in [0.5, 0.6) is 5.75 Å². The summed E-state index contributed by atoms with van der Waals surface area (Å²) in [5, 5.41) is 5.92. The topological polar surface area (TPSA) is 50.4 Å². The van der Waals surface area contributed by atoms with E-state index in [2.05, 4.69) is 15.4 Å². The lowest BCUT2D eigenvalue weighted by Gasteiger charge is -2.09. The van der Waals surface area contributed by atoms with Gasteiger partial charge < -0.3 is 15.4 Å². The van der Waals surface area contributed by atoms with E-state index in [0.717, 1.165) is 5.56 Å². The summed E-state index contributed by atoms with van der Waals surface area (Å²) in [4.78, 5) is 11.4. The Morgan fingerprint density at radius 3 is 2.45 bits per heavy atom. The molecule has 0 bridgehead atoms. The summed E-state index contributed by atoms with van der Waals surface area (Å²) in [6.45, 7) is 2.15. The lowest BCUT2D eigenvalue weighted by atomic mass is 10.2. The van der Waals surface area contributed by atoms with Gasteiger partial charge in [0.25, 0.3) is 0 Å². The van der Waals surface area contributed by atoms with Crippen LogP contribution in [-0.2, 0) is 11.3 Å². The number of ether oxygens (including phenoxy) is 1. The molecule has 2 N–H and O–H groups in total. The van der Waals surface area contributed by atoms with Crippen LogP contribution in [0.4, 0.5) is 8.78 Å². The highest BCUT2D eigenvalue weighted by atomic mass is 19.3. The normalized spacial score (nSPS) is 10.9. The molecule has 112 valence electrons. The summed E-state index contributed by atoms with van der Waals surface area (Å²) >= 11 is 0. The second-order valence-corrected chi connectivity index (χ2v) is 4.67. The van der Waals surface area contributed by atoms with Crippen LogP contribution in [0.1, 0.15) is 25.8 Å². The maximum Gasteiger partial charge on any atom is 0.387 e. The van der Waals surface area contributed by atoms with E-state index in [9.17, 15) is 13.6 Å². The first kappa shape index (κ1) is 16.4. The van der Waals surface area contributed by atoms with Crippen molar-refractivity contribution >= 4 is 5.91 Å². The van der Waals surface area contributed by atoms with Crippen molar-refractivity contribution < 1.29 is 18.3 Å². The van der Waals surface area contributed by atoms with Gasteiger partial charge >= 0.3 is 6.61 Å². The van der Waals surface area contributed by atoms with Crippen LogP contribution < -0.4 is 15.4 Å². The first-order valence-electron chi connectivity index (χ1n) is 6.51. The average Bonchev–Trinajstić information content (AvgIpc) is 2.35. The smallest absolute Gasteiger partial charge is 0.387 e. The third kappa shape index (κ3) is 7.04. The Labute approximate surface area is 117 Å². The predicted octanol–water partition coefficient (Wildman–Crippen LogP) is 2.29. The second-order valence-electron chi connectivity index (χ2n) is 4.67. The molecule has 0 atom stereocenters. The molecule has 0 heterocycles. The van der Waals surface area contributed by atoms with Crippen LogP contribution in [-0.4, -0.2) is 25.1 Å². The molecule has 0 radical (unpaired) electrons. The maximum absolute atomic E-state index is 12.0. The van der Waals surface area contributed by atoms with Crippen molar-refractivity contribution in [3.05, 3.63) is 29.8 Å². The molecule has 1 rings (SSSR count). The molecule has 6 heteroatoms. The van der Waals surface area contributed by atoms with Gasteiger partial charge in [0.2, 0.25) is 5.91 Å². The van der Waals surface area contributed by atoms with Crippen molar-refractivity contribution in [2.75, 3.05) is 6.54 Å². The summed E-state index contributed by atoms with van der Waals surface area (Å²) in [6.07, 6.45) is 0.407.